The van der Waals surface area contributed by atoms with Crippen molar-refractivity contribution >= 4 is 11.7 Å². The minimum Gasteiger partial charge on any atom is -0.503 e. The fourth-order valence-electron chi connectivity index (χ4n) is 3.59. The van der Waals surface area contributed by atoms with E-state index in [0.717, 1.165) is 0 Å². The van der Waals surface area contributed by atoms with Crippen molar-refractivity contribution in [1.29, 1.82) is 0 Å². The number of rotatable bonds is 3. The molecular formula is C19H17FN2O5. The highest BCUT2D eigenvalue weighted by molar-refractivity contribution is 6.01. The maximum Gasteiger partial charge on any atom is 0.257 e. The second kappa shape index (κ2) is 6.62. The Labute approximate surface area is 153 Å². The first kappa shape index (κ1) is 17.4. The van der Waals surface area contributed by atoms with E-state index in [-0.39, 0.29) is 48.0 Å². The molecule has 2 aliphatic heterocycles. The number of carbonyl (C=O) groups is 2. The molecule has 140 valence electrons. The van der Waals surface area contributed by atoms with Crippen molar-refractivity contribution < 1.29 is 23.8 Å². The van der Waals surface area contributed by atoms with Gasteiger partial charge in [-0.1, -0.05) is 12.1 Å². The summed E-state index contributed by atoms with van der Waals surface area (Å²) in [4.78, 5) is 37.4. The normalized spacial score (nSPS) is 20.9. The van der Waals surface area contributed by atoms with Crippen molar-refractivity contribution in [3.8, 4) is 5.75 Å². The van der Waals surface area contributed by atoms with E-state index in [2.05, 4.69) is 5.32 Å². The second-order valence-corrected chi connectivity index (χ2v) is 6.70. The van der Waals surface area contributed by atoms with Gasteiger partial charge < -0.3 is 19.7 Å². The van der Waals surface area contributed by atoms with Crippen molar-refractivity contribution in [2.45, 2.75) is 25.6 Å². The second-order valence-electron chi connectivity index (χ2n) is 6.70. The zero-order chi connectivity index (χ0) is 19.1. The van der Waals surface area contributed by atoms with Crippen molar-refractivity contribution in [1.82, 2.24) is 9.88 Å². The molecule has 0 saturated carbocycles. The molecule has 2 aliphatic rings. The van der Waals surface area contributed by atoms with Crippen LogP contribution in [-0.2, 0) is 17.8 Å². The first-order chi connectivity index (χ1) is 13.0. The number of hydrogen-bond acceptors (Lipinski definition) is 5. The van der Waals surface area contributed by atoms with E-state index >= 15 is 0 Å². The predicted octanol–water partition coefficient (Wildman–Crippen LogP) is 1.22. The molecule has 1 aromatic heterocycles. The Kier molecular flexibility index (Phi) is 4.27. The lowest BCUT2D eigenvalue weighted by atomic mass is 9.89. The summed E-state index contributed by atoms with van der Waals surface area (Å²) in [5.74, 6) is -2.48. The van der Waals surface area contributed by atoms with Crippen LogP contribution in [0.25, 0.3) is 0 Å². The molecule has 0 spiro atoms. The number of nitrogens with zero attached hydrogens (tertiary/aromatic N) is 1. The SMILES string of the molecule is O=C(NCc1ccc(F)cc1)c1cn2c(c(O)c1=O)C(=O)C1CCOC1C2. The Morgan fingerprint density at radius 3 is 2.78 bits per heavy atom. The molecule has 2 atom stereocenters. The van der Waals surface area contributed by atoms with Crippen molar-refractivity contribution in [3.63, 3.8) is 0 Å². The highest BCUT2D eigenvalue weighted by Crippen LogP contribution is 2.33. The van der Waals surface area contributed by atoms with Gasteiger partial charge in [0, 0.05) is 25.9 Å². The van der Waals surface area contributed by atoms with Gasteiger partial charge >= 0.3 is 0 Å². The number of pyridine rings is 1. The predicted molar refractivity (Wildman–Crippen MR) is 92.1 cm³/mol. The van der Waals surface area contributed by atoms with E-state index in [4.69, 9.17) is 4.74 Å². The third kappa shape index (κ3) is 3.02. The molecule has 1 saturated heterocycles. The van der Waals surface area contributed by atoms with Crippen LogP contribution in [0.4, 0.5) is 4.39 Å². The van der Waals surface area contributed by atoms with E-state index in [1.165, 1.54) is 35.0 Å². The summed E-state index contributed by atoms with van der Waals surface area (Å²) in [5, 5.41) is 12.8. The van der Waals surface area contributed by atoms with Gasteiger partial charge in [-0.15, -0.1) is 0 Å². The van der Waals surface area contributed by atoms with Gasteiger partial charge in [-0.25, -0.2) is 4.39 Å². The monoisotopic (exact) mass is 372 g/mol. The van der Waals surface area contributed by atoms with Crippen LogP contribution < -0.4 is 10.7 Å². The molecule has 1 fully saturated rings. The first-order valence-corrected chi connectivity index (χ1v) is 8.60. The number of fused-ring (bicyclic) bond motifs is 2. The number of ether oxygens (including phenoxy) is 1. The summed E-state index contributed by atoms with van der Waals surface area (Å²) in [6, 6.07) is 5.57. The maximum atomic E-state index is 12.9. The van der Waals surface area contributed by atoms with Crippen molar-refractivity contribution in [2.24, 2.45) is 5.92 Å². The molecule has 4 rings (SSSR count). The Morgan fingerprint density at radius 2 is 2.04 bits per heavy atom. The smallest absolute Gasteiger partial charge is 0.257 e. The van der Waals surface area contributed by atoms with Gasteiger partial charge in [-0.05, 0) is 24.1 Å². The minimum absolute atomic E-state index is 0.0677. The number of halogens is 1. The lowest BCUT2D eigenvalue weighted by Gasteiger charge is -2.28. The number of carbonyl (C=O) groups excluding carboxylic acids is 2. The van der Waals surface area contributed by atoms with Gasteiger partial charge in [0.05, 0.1) is 12.0 Å². The number of Topliss-reactive ketones (excluding diaryl/α,β-unsaturated/α-hetero) is 1. The Hall–Kier alpha value is -3.00. The van der Waals surface area contributed by atoms with E-state index < -0.39 is 17.1 Å². The van der Waals surface area contributed by atoms with Crippen LogP contribution in [0.5, 0.6) is 5.75 Å². The summed E-state index contributed by atoms with van der Waals surface area (Å²) in [5.41, 5.74) is -0.558. The fourth-order valence-corrected chi connectivity index (χ4v) is 3.59. The molecule has 2 aromatic rings. The molecule has 8 heteroatoms. The largest absolute Gasteiger partial charge is 0.503 e. The van der Waals surface area contributed by atoms with Gasteiger partial charge in [-0.3, -0.25) is 14.4 Å². The van der Waals surface area contributed by atoms with Crippen LogP contribution in [-0.4, -0.2) is 34.1 Å². The number of nitrogens with one attached hydrogen (secondary N) is 1. The Morgan fingerprint density at radius 1 is 1.30 bits per heavy atom. The molecular weight excluding hydrogens is 355 g/mol. The van der Waals surface area contributed by atoms with Crippen LogP contribution in [0, 0.1) is 11.7 Å². The summed E-state index contributed by atoms with van der Waals surface area (Å²) >= 11 is 0. The van der Waals surface area contributed by atoms with Gasteiger partial charge in [0.25, 0.3) is 5.91 Å². The van der Waals surface area contributed by atoms with E-state index in [9.17, 15) is 23.9 Å². The number of aromatic hydroxyl groups is 1. The van der Waals surface area contributed by atoms with Crippen molar-refractivity contribution in [3.05, 3.63) is 63.3 Å². The molecule has 0 aliphatic carbocycles. The van der Waals surface area contributed by atoms with E-state index in [0.29, 0.717) is 18.6 Å². The zero-order valence-corrected chi connectivity index (χ0v) is 14.3. The third-order valence-electron chi connectivity index (χ3n) is 5.02. The Balaban J connectivity index is 1.61. The van der Waals surface area contributed by atoms with E-state index in [1.807, 2.05) is 0 Å². The molecule has 27 heavy (non-hydrogen) atoms. The first-order valence-electron chi connectivity index (χ1n) is 8.60. The maximum absolute atomic E-state index is 12.9. The van der Waals surface area contributed by atoms with Gasteiger partial charge in [0.2, 0.25) is 5.43 Å². The quantitative estimate of drug-likeness (QED) is 0.845. The van der Waals surface area contributed by atoms with Crippen LogP contribution in [0.3, 0.4) is 0 Å². The number of hydrogen-bond donors (Lipinski definition) is 2. The molecule has 0 bridgehead atoms. The number of aromatic nitrogens is 1. The number of benzene rings is 1. The van der Waals surface area contributed by atoms with Crippen molar-refractivity contribution in [2.75, 3.05) is 6.61 Å². The molecule has 1 aromatic carbocycles. The summed E-state index contributed by atoms with van der Waals surface area (Å²) in [7, 11) is 0. The lowest BCUT2D eigenvalue weighted by Crippen LogP contribution is -2.39. The third-order valence-corrected chi connectivity index (χ3v) is 5.02. The van der Waals surface area contributed by atoms with Crippen LogP contribution in [0.15, 0.2) is 35.3 Å². The fraction of sp³-hybridized carbons (Fsp3) is 0.316. The average molecular weight is 372 g/mol. The van der Waals surface area contributed by atoms with Gasteiger partial charge in [0.1, 0.15) is 17.1 Å². The zero-order valence-electron chi connectivity index (χ0n) is 14.3. The molecule has 0 radical (unpaired) electrons. The molecule has 3 heterocycles. The minimum atomic E-state index is -0.886. The highest BCUT2D eigenvalue weighted by Gasteiger charge is 2.42. The molecule has 2 N–H and O–H groups in total. The molecule has 7 nitrogen and oxygen atoms in total. The topological polar surface area (TPSA) is 97.6 Å². The van der Waals surface area contributed by atoms with Crippen LogP contribution in [0.1, 0.15) is 32.8 Å². The molecule has 1 amide bonds. The Bertz CT molecular complexity index is 983. The standard InChI is InChI=1S/C19H17FN2O5/c20-11-3-1-10(2-4-11)7-21-19(26)13-8-22-9-14-12(5-6-27-14)16(23)15(22)18(25)17(13)24/h1-4,8,12,14,25H,5-7,9H2,(H,21,26). The summed E-state index contributed by atoms with van der Waals surface area (Å²) in [6.07, 6.45) is 1.52. The van der Waals surface area contributed by atoms with Crippen LogP contribution >= 0.6 is 0 Å². The summed E-state index contributed by atoms with van der Waals surface area (Å²) < 4.78 is 19.9. The van der Waals surface area contributed by atoms with E-state index in [1.54, 1.807) is 0 Å². The molecule has 2 unspecified atom stereocenters. The number of ketones is 1. The van der Waals surface area contributed by atoms with Crippen LogP contribution in [0.2, 0.25) is 0 Å². The lowest BCUT2D eigenvalue weighted by molar-refractivity contribution is 0.0533. The number of amides is 1. The van der Waals surface area contributed by atoms with Gasteiger partial charge in [-0.2, -0.15) is 0 Å². The van der Waals surface area contributed by atoms with Gasteiger partial charge in [0.15, 0.2) is 11.5 Å². The highest BCUT2D eigenvalue weighted by atomic mass is 19.1. The summed E-state index contributed by atoms with van der Waals surface area (Å²) in [6.45, 7) is 0.831. The average Bonchev–Trinajstić information content (AvgIpc) is 3.12.